The smallest absolute Gasteiger partial charge is 0.338 e. The first kappa shape index (κ1) is 22.6. The number of carbonyl (C=O) groups is 4. The van der Waals surface area contributed by atoms with Gasteiger partial charge in [-0.3, -0.25) is 14.4 Å². The Morgan fingerprint density at radius 3 is 2.20 bits per heavy atom. The molecule has 0 atom stereocenters. The van der Waals surface area contributed by atoms with Crippen molar-refractivity contribution >= 4 is 35.1 Å². The van der Waals surface area contributed by atoms with E-state index in [1.165, 1.54) is 12.1 Å². The quantitative estimate of drug-likeness (QED) is 0.613. The molecule has 158 valence electrons. The van der Waals surface area contributed by atoms with Crippen LogP contribution in [0.2, 0.25) is 0 Å². The first-order chi connectivity index (χ1) is 14.4. The molecule has 0 saturated heterocycles. The van der Waals surface area contributed by atoms with E-state index in [4.69, 9.17) is 9.47 Å². The predicted molar refractivity (Wildman–Crippen MR) is 111 cm³/mol. The largest absolute Gasteiger partial charge is 0.462 e. The first-order valence-electron chi connectivity index (χ1n) is 9.46. The van der Waals surface area contributed by atoms with Crippen molar-refractivity contribution in [2.75, 3.05) is 23.8 Å². The highest BCUT2D eigenvalue weighted by Gasteiger charge is 2.12. The predicted octanol–water partition coefficient (Wildman–Crippen LogP) is 3.07. The molecule has 0 unspecified atom stereocenters. The van der Waals surface area contributed by atoms with Gasteiger partial charge in [-0.15, -0.1) is 0 Å². The topological polar surface area (TPSA) is 111 Å². The number of esters is 2. The Morgan fingerprint density at radius 1 is 0.833 bits per heavy atom. The number of hydrogen-bond donors (Lipinski definition) is 2. The van der Waals surface area contributed by atoms with Crippen molar-refractivity contribution in [1.29, 1.82) is 0 Å². The summed E-state index contributed by atoms with van der Waals surface area (Å²) in [6.07, 6.45) is -0.192. The zero-order valence-corrected chi connectivity index (χ0v) is 16.9. The molecule has 2 rings (SSSR count). The van der Waals surface area contributed by atoms with E-state index >= 15 is 0 Å². The van der Waals surface area contributed by atoms with Crippen LogP contribution in [-0.4, -0.2) is 37.0 Å². The third-order valence-electron chi connectivity index (χ3n) is 3.90. The first-order valence-corrected chi connectivity index (χ1v) is 9.46. The van der Waals surface area contributed by atoms with Crippen molar-refractivity contribution in [1.82, 2.24) is 0 Å². The molecule has 0 radical (unpaired) electrons. The van der Waals surface area contributed by atoms with Crippen LogP contribution in [-0.2, 0) is 23.9 Å². The van der Waals surface area contributed by atoms with Gasteiger partial charge in [0.25, 0.3) is 5.91 Å². The van der Waals surface area contributed by atoms with Crippen LogP contribution in [0.15, 0.2) is 48.5 Å². The van der Waals surface area contributed by atoms with Gasteiger partial charge in [-0.2, -0.15) is 0 Å². The molecular weight excluding hydrogens is 388 g/mol. The third kappa shape index (κ3) is 7.75. The summed E-state index contributed by atoms with van der Waals surface area (Å²) in [5.41, 5.74) is 2.47. The molecule has 0 aliphatic carbocycles. The number of amides is 2. The summed E-state index contributed by atoms with van der Waals surface area (Å²) < 4.78 is 9.76. The molecule has 0 aliphatic heterocycles. The van der Waals surface area contributed by atoms with E-state index in [2.05, 4.69) is 10.6 Å². The van der Waals surface area contributed by atoms with Crippen LogP contribution < -0.4 is 10.6 Å². The number of anilines is 2. The maximum Gasteiger partial charge on any atom is 0.338 e. The summed E-state index contributed by atoms with van der Waals surface area (Å²) >= 11 is 0. The van der Waals surface area contributed by atoms with Crippen molar-refractivity contribution in [3.63, 3.8) is 0 Å². The van der Waals surface area contributed by atoms with Crippen molar-refractivity contribution < 1.29 is 28.7 Å². The molecule has 2 N–H and O–H groups in total. The summed E-state index contributed by atoms with van der Waals surface area (Å²) in [6, 6.07) is 13.4. The minimum absolute atomic E-state index is 0.0519. The number of aryl methyl sites for hydroxylation is 1. The van der Waals surface area contributed by atoms with E-state index in [1.807, 2.05) is 25.1 Å². The van der Waals surface area contributed by atoms with Crippen LogP contribution in [0.3, 0.4) is 0 Å². The molecule has 2 aromatic rings. The fourth-order valence-electron chi connectivity index (χ4n) is 2.48. The van der Waals surface area contributed by atoms with E-state index in [-0.39, 0.29) is 25.4 Å². The number of benzene rings is 2. The monoisotopic (exact) mass is 412 g/mol. The Balaban J connectivity index is 1.69. The van der Waals surface area contributed by atoms with Gasteiger partial charge in [0.1, 0.15) is 0 Å². The van der Waals surface area contributed by atoms with Crippen molar-refractivity contribution in [3.8, 4) is 0 Å². The van der Waals surface area contributed by atoms with Gasteiger partial charge in [0.15, 0.2) is 6.61 Å². The molecule has 0 bridgehead atoms. The highest BCUT2D eigenvalue weighted by Crippen LogP contribution is 2.11. The van der Waals surface area contributed by atoms with Crippen LogP contribution in [0.1, 0.15) is 35.7 Å². The highest BCUT2D eigenvalue weighted by molar-refractivity contribution is 5.95. The number of carbonyl (C=O) groups excluding carboxylic acids is 4. The minimum Gasteiger partial charge on any atom is -0.462 e. The van der Waals surface area contributed by atoms with Crippen LogP contribution in [0, 0.1) is 6.92 Å². The normalized spacial score (nSPS) is 10.1. The van der Waals surface area contributed by atoms with E-state index in [9.17, 15) is 19.2 Å². The van der Waals surface area contributed by atoms with E-state index < -0.39 is 24.5 Å². The molecule has 2 aromatic carbocycles. The van der Waals surface area contributed by atoms with Gasteiger partial charge >= 0.3 is 11.9 Å². The van der Waals surface area contributed by atoms with Crippen LogP contribution in [0.25, 0.3) is 0 Å². The minimum atomic E-state index is -0.651. The van der Waals surface area contributed by atoms with Gasteiger partial charge in [0.2, 0.25) is 5.91 Å². The Labute approximate surface area is 174 Å². The Morgan fingerprint density at radius 2 is 1.53 bits per heavy atom. The Bertz CT molecular complexity index is 908. The fraction of sp³-hybridized carbons (Fsp3) is 0.273. The van der Waals surface area contributed by atoms with Gasteiger partial charge in [-0.05, 0) is 55.8 Å². The highest BCUT2D eigenvalue weighted by atomic mass is 16.5. The molecule has 2 amide bonds. The second kappa shape index (κ2) is 11.4. The number of ether oxygens (including phenoxy) is 2. The lowest BCUT2D eigenvalue weighted by molar-refractivity contribution is -0.147. The van der Waals surface area contributed by atoms with Gasteiger partial charge in [0.05, 0.1) is 18.6 Å². The second-order valence-corrected chi connectivity index (χ2v) is 6.42. The average molecular weight is 412 g/mol. The lowest BCUT2D eigenvalue weighted by atomic mass is 10.2. The molecular formula is C22H24N2O6. The second-order valence-electron chi connectivity index (χ2n) is 6.42. The summed E-state index contributed by atoms with van der Waals surface area (Å²) in [5, 5.41) is 5.25. The molecule has 0 spiro atoms. The lowest BCUT2D eigenvalue weighted by Gasteiger charge is -2.08. The summed E-state index contributed by atoms with van der Waals surface area (Å²) in [5.74, 6) is -1.95. The maximum absolute atomic E-state index is 11.9. The van der Waals surface area contributed by atoms with Gasteiger partial charge < -0.3 is 20.1 Å². The molecule has 0 fully saturated rings. The summed E-state index contributed by atoms with van der Waals surface area (Å²) in [7, 11) is 0. The third-order valence-corrected chi connectivity index (χ3v) is 3.90. The molecule has 0 aliphatic rings. The maximum atomic E-state index is 11.9. The van der Waals surface area contributed by atoms with Crippen molar-refractivity contribution in [2.45, 2.75) is 26.7 Å². The van der Waals surface area contributed by atoms with Crippen LogP contribution in [0.4, 0.5) is 11.4 Å². The number of rotatable bonds is 9. The summed E-state index contributed by atoms with van der Waals surface area (Å²) in [4.78, 5) is 47.1. The SMILES string of the molecule is CCOC(=O)c1ccc(NC(=O)COC(=O)CCC(=O)Nc2cccc(C)c2)cc1. The molecule has 8 nitrogen and oxygen atoms in total. The summed E-state index contributed by atoms with van der Waals surface area (Å²) in [6.45, 7) is 3.42. The molecule has 0 heterocycles. The lowest BCUT2D eigenvalue weighted by Crippen LogP contribution is -2.21. The standard InChI is InChI=1S/C22H24N2O6/c1-3-29-22(28)16-7-9-17(10-8-16)23-20(26)14-30-21(27)12-11-19(25)24-18-6-4-5-15(2)13-18/h4-10,13H,3,11-12,14H2,1-2H3,(H,23,26)(H,24,25). The van der Waals surface area contributed by atoms with Gasteiger partial charge in [-0.1, -0.05) is 12.1 Å². The van der Waals surface area contributed by atoms with Crippen molar-refractivity contribution in [3.05, 3.63) is 59.7 Å². The van der Waals surface area contributed by atoms with Gasteiger partial charge in [-0.25, -0.2) is 4.79 Å². The molecule has 0 aromatic heterocycles. The van der Waals surface area contributed by atoms with Crippen molar-refractivity contribution in [2.24, 2.45) is 0 Å². The number of hydrogen-bond acceptors (Lipinski definition) is 6. The zero-order valence-electron chi connectivity index (χ0n) is 16.9. The van der Waals surface area contributed by atoms with E-state index in [1.54, 1.807) is 25.1 Å². The number of nitrogens with one attached hydrogen (secondary N) is 2. The fourth-order valence-corrected chi connectivity index (χ4v) is 2.48. The van der Waals surface area contributed by atoms with E-state index in [0.717, 1.165) is 5.56 Å². The van der Waals surface area contributed by atoms with E-state index in [0.29, 0.717) is 16.9 Å². The Hall–Kier alpha value is -3.68. The molecule has 8 heteroatoms. The average Bonchev–Trinajstić information content (AvgIpc) is 2.71. The van der Waals surface area contributed by atoms with Gasteiger partial charge in [0, 0.05) is 17.8 Å². The van der Waals surface area contributed by atoms with Crippen LogP contribution >= 0.6 is 0 Å². The van der Waals surface area contributed by atoms with Crippen LogP contribution in [0.5, 0.6) is 0 Å². The zero-order chi connectivity index (χ0) is 21.9. The molecule has 30 heavy (non-hydrogen) atoms. The Kier molecular flexibility index (Phi) is 8.56. The molecule has 0 saturated carbocycles.